The van der Waals surface area contributed by atoms with E-state index in [0.29, 0.717) is 35.0 Å². The van der Waals surface area contributed by atoms with E-state index in [2.05, 4.69) is 22.5 Å². The molecule has 1 atom stereocenters. The van der Waals surface area contributed by atoms with Crippen LogP contribution < -0.4 is 16.0 Å². The summed E-state index contributed by atoms with van der Waals surface area (Å²) in [5.41, 5.74) is 2.03. The average molecular weight is 629 g/mol. The monoisotopic (exact) mass is 628 g/mol. The predicted molar refractivity (Wildman–Crippen MR) is 171 cm³/mol. The van der Waals surface area contributed by atoms with Gasteiger partial charge in [0.25, 0.3) is 0 Å². The van der Waals surface area contributed by atoms with Gasteiger partial charge in [-0.2, -0.15) is 18.4 Å². The number of nitrogens with zero attached hydrogens (tertiary/aromatic N) is 1. The maximum absolute atomic E-state index is 14.2. The first-order valence-electron chi connectivity index (χ1n) is 14.7. The largest absolute Gasteiger partial charge is 0.415 e. The van der Waals surface area contributed by atoms with Gasteiger partial charge < -0.3 is 16.0 Å². The van der Waals surface area contributed by atoms with Gasteiger partial charge in [0.1, 0.15) is 11.6 Å². The Morgan fingerprint density at radius 1 is 1.00 bits per heavy atom. The Kier molecular flexibility index (Phi) is 16.9. The Hall–Kier alpha value is -4.49. The number of hydrogen-bond donors (Lipinski definition) is 3. The number of rotatable bonds is 10. The molecule has 1 amide bonds. The highest BCUT2D eigenvalue weighted by Gasteiger charge is 2.30. The van der Waals surface area contributed by atoms with E-state index in [4.69, 9.17) is 5.26 Å². The van der Waals surface area contributed by atoms with E-state index in [0.717, 1.165) is 43.2 Å². The maximum Gasteiger partial charge on any atom is 0.415 e. The Balaban J connectivity index is 0.000000416. The number of allylic oxidation sites excluding steroid dienone is 3. The molecule has 242 valence electrons. The summed E-state index contributed by atoms with van der Waals surface area (Å²) in [5, 5.41) is 17.4. The summed E-state index contributed by atoms with van der Waals surface area (Å²) in [7, 11) is 0. The maximum atomic E-state index is 14.2. The number of anilines is 2. The summed E-state index contributed by atoms with van der Waals surface area (Å²) < 4.78 is 64.6. The molecule has 10 heteroatoms. The van der Waals surface area contributed by atoms with E-state index in [-0.39, 0.29) is 5.56 Å². The van der Waals surface area contributed by atoms with E-state index in [1.807, 2.05) is 39.8 Å². The zero-order chi connectivity index (χ0) is 34.0. The van der Waals surface area contributed by atoms with Crippen LogP contribution in [0.4, 0.5) is 33.3 Å². The second-order valence-electron chi connectivity index (χ2n) is 9.51. The van der Waals surface area contributed by atoms with E-state index in [9.17, 15) is 26.7 Å². The molecule has 1 aliphatic carbocycles. The highest BCUT2D eigenvalue weighted by atomic mass is 19.4. The molecule has 0 radical (unpaired) electrons. The van der Waals surface area contributed by atoms with Crippen molar-refractivity contribution in [1.82, 2.24) is 5.32 Å². The van der Waals surface area contributed by atoms with Crippen LogP contribution >= 0.6 is 0 Å². The van der Waals surface area contributed by atoms with Crippen LogP contribution in [0.2, 0.25) is 0 Å². The van der Waals surface area contributed by atoms with Gasteiger partial charge >= 0.3 is 6.18 Å². The number of halogens is 5. The van der Waals surface area contributed by atoms with Crippen LogP contribution in [-0.4, -0.2) is 19.1 Å². The third kappa shape index (κ3) is 13.8. The molecule has 4 rings (SSSR count). The van der Waals surface area contributed by atoms with Crippen molar-refractivity contribution in [2.24, 2.45) is 5.92 Å². The molecule has 45 heavy (non-hydrogen) atoms. The second kappa shape index (κ2) is 19.7. The van der Waals surface area contributed by atoms with Crippen molar-refractivity contribution in [1.29, 1.82) is 5.26 Å². The van der Waals surface area contributed by atoms with Crippen molar-refractivity contribution in [3.8, 4) is 6.07 Å². The van der Waals surface area contributed by atoms with Crippen LogP contribution in [0, 0.1) is 28.9 Å². The van der Waals surface area contributed by atoms with Crippen LogP contribution in [-0.2, 0) is 4.79 Å². The van der Waals surface area contributed by atoms with Crippen LogP contribution in [0.15, 0.2) is 90.7 Å². The second-order valence-corrected chi connectivity index (χ2v) is 9.51. The van der Waals surface area contributed by atoms with E-state index in [1.54, 1.807) is 42.5 Å². The summed E-state index contributed by atoms with van der Waals surface area (Å²) in [6.45, 7) is 13.2. The van der Waals surface area contributed by atoms with Crippen molar-refractivity contribution in [3.63, 3.8) is 0 Å². The van der Waals surface area contributed by atoms with Crippen LogP contribution in [0.5, 0.6) is 0 Å². The molecule has 1 saturated carbocycles. The summed E-state index contributed by atoms with van der Waals surface area (Å²) in [4.78, 5) is 10.6. The highest BCUT2D eigenvalue weighted by molar-refractivity contribution is 5.71. The fourth-order valence-electron chi connectivity index (χ4n) is 3.90. The molecule has 0 bridgehead atoms. The molecule has 3 N–H and O–H groups in total. The van der Waals surface area contributed by atoms with Gasteiger partial charge in [-0.15, -0.1) is 0 Å². The molecule has 0 aromatic heterocycles. The highest BCUT2D eigenvalue weighted by Crippen LogP contribution is 2.32. The van der Waals surface area contributed by atoms with Gasteiger partial charge in [0.15, 0.2) is 0 Å². The molecule has 0 saturated heterocycles. The zero-order valence-electron chi connectivity index (χ0n) is 26.2. The average Bonchev–Trinajstić information content (AvgIpc) is 3.86. The number of nitrogens with one attached hydrogen (secondary N) is 3. The van der Waals surface area contributed by atoms with Gasteiger partial charge in [-0.25, -0.2) is 8.78 Å². The number of benzene rings is 3. The van der Waals surface area contributed by atoms with Crippen molar-refractivity contribution in [2.75, 3.05) is 17.2 Å². The quantitative estimate of drug-likeness (QED) is 0.119. The number of amides is 1. The number of alkyl halides is 3. The lowest BCUT2D eigenvalue weighted by Gasteiger charge is -2.21. The van der Waals surface area contributed by atoms with Crippen LogP contribution in [0.3, 0.4) is 0 Å². The van der Waals surface area contributed by atoms with Crippen molar-refractivity contribution in [3.05, 3.63) is 119 Å². The fourth-order valence-corrected chi connectivity index (χ4v) is 3.90. The predicted octanol–water partition coefficient (Wildman–Crippen LogP) is 9.67. The molecular formula is C35H41F5N4O. The lowest BCUT2D eigenvalue weighted by atomic mass is 9.97. The molecule has 3 aromatic carbocycles. The Morgan fingerprint density at radius 3 is 2.24 bits per heavy atom. The Bertz CT molecular complexity index is 1440. The molecule has 0 heterocycles. The number of hydrogen-bond acceptors (Lipinski definition) is 4. The first kappa shape index (κ1) is 38.5. The third-order valence-corrected chi connectivity index (χ3v) is 6.11. The fraction of sp³-hybridized carbons (Fsp3) is 0.314. The summed E-state index contributed by atoms with van der Waals surface area (Å²) in [5.74, 6) is -0.319. The minimum atomic E-state index is -4.43. The van der Waals surface area contributed by atoms with Gasteiger partial charge in [0, 0.05) is 22.6 Å². The first-order valence-corrected chi connectivity index (χ1v) is 14.7. The molecule has 0 spiro atoms. The smallest absolute Gasteiger partial charge is 0.359 e. The standard InChI is InChI=1S/C18H18F2N2O.C13H11F3N2.2C2H6/c19-14-6-7-17(20)16(9-14)18(21-10-12-4-5-12)13-2-1-3-15(8-13)22-11-23;1-9(13(14,15)16)6-10(2)18-12-5-3-4-11(7-12)8-17;2*1-2/h1-3,6-9,11-12,18,21H,4-5,10H2,(H,22,23);3-7,18H,1H2,2H3;2*1-2H3/b;10-6-;;. The SMILES string of the molecule is C=C(/C=C(/C)Nc1cccc(C#N)c1)C(F)(F)F.CC.CC.O=CNc1cccc(C(NCC2CC2)c2cc(F)ccc2F)c1. The molecule has 3 aromatic rings. The third-order valence-electron chi connectivity index (χ3n) is 6.11. The van der Waals surface area contributed by atoms with Gasteiger partial charge in [0.2, 0.25) is 6.41 Å². The lowest BCUT2D eigenvalue weighted by molar-refractivity contribution is -0.105. The molecular weight excluding hydrogens is 587 g/mol. The number of nitriles is 1. The normalized spacial score (nSPS) is 12.8. The first-order chi connectivity index (χ1) is 21.5. The van der Waals surface area contributed by atoms with E-state index in [1.165, 1.54) is 13.0 Å². The Labute approximate surface area is 262 Å². The minimum Gasteiger partial charge on any atom is -0.359 e. The van der Waals surface area contributed by atoms with Crippen molar-refractivity contribution >= 4 is 17.8 Å². The van der Waals surface area contributed by atoms with Crippen LogP contribution in [0.1, 0.15) is 70.2 Å². The zero-order valence-corrected chi connectivity index (χ0v) is 26.2. The number of carbonyl (C=O) groups excluding carboxylic acids is 1. The lowest BCUT2D eigenvalue weighted by Crippen LogP contribution is -2.25. The topological polar surface area (TPSA) is 77.0 Å². The molecule has 1 unspecified atom stereocenters. The molecule has 1 aliphatic rings. The molecule has 1 fully saturated rings. The minimum absolute atomic E-state index is 0.272. The van der Waals surface area contributed by atoms with Crippen molar-refractivity contribution in [2.45, 2.75) is 59.7 Å². The van der Waals surface area contributed by atoms with Crippen LogP contribution in [0.25, 0.3) is 0 Å². The van der Waals surface area contributed by atoms with Gasteiger partial charge in [-0.3, -0.25) is 4.79 Å². The molecule has 0 aliphatic heterocycles. The number of carbonyl (C=O) groups is 1. The summed E-state index contributed by atoms with van der Waals surface area (Å²) in [6, 6.07) is 18.6. The Morgan fingerprint density at radius 2 is 1.64 bits per heavy atom. The van der Waals surface area contributed by atoms with Gasteiger partial charge in [-0.05, 0) is 92.4 Å². The van der Waals surface area contributed by atoms with E-state index < -0.39 is 29.4 Å². The van der Waals surface area contributed by atoms with E-state index >= 15 is 0 Å². The van der Waals surface area contributed by atoms with Crippen molar-refractivity contribution < 1.29 is 26.7 Å². The molecule has 5 nitrogen and oxygen atoms in total. The van der Waals surface area contributed by atoms with Gasteiger partial charge in [-0.1, -0.05) is 52.5 Å². The summed E-state index contributed by atoms with van der Waals surface area (Å²) >= 11 is 0. The summed E-state index contributed by atoms with van der Waals surface area (Å²) in [6.07, 6.45) is -0.596. The van der Waals surface area contributed by atoms with Gasteiger partial charge in [0.05, 0.1) is 23.2 Å².